The summed E-state index contributed by atoms with van der Waals surface area (Å²) in [6.45, 7) is 0.235. The van der Waals surface area contributed by atoms with E-state index in [2.05, 4.69) is 0 Å². The standard InChI is InChI=1S/C15H10F2N2O5/c1-15(5-18)7-3-9(17)8(16)2-6(7)12(22)11(13(15)23)14(24)19-4-10(20)21/h2-3,11H,4H2,1H3,(H,19,24)(H,20,21)/t11?,15-/m0/s1. The van der Waals surface area contributed by atoms with Gasteiger partial charge >= 0.3 is 5.97 Å². The van der Waals surface area contributed by atoms with Crippen molar-refractivity contribution in [2.45, 2.75) is 12.3 Å². The van der Waals surface area contributed by atoms with Crippen LogP contribution in [-0.2, 0) is 19.8 Å². The smallest absolute Gasteiger partial charge is 0.322 e. The van der Waals surface area contributed by atoms with Gasteiger partial charge in [-0.25, -0.2) is 8.78 Å². The number of Topliss-reactive ketones (excluding diaryl/α,β-unsaturated/α-hetero) is 2. The Bertz CT molecular complexity index is 830. The normalized spacial score (nSPS) is 22.5. The van der Waals surface area contributed by atoms with Gasteiger partial charge < -0.3 is 10.4 Å². The molecule has 1 aromatic rings. The number of carbonyl (C=O) groups excluding carboxylic acids is 3. The lowest BCUT2D eigenvalue weighted by molar-refractivity contribution is -0.140. The highest BCUT2D eigenvalue weighted by Crippen LogP contribution is 2.38. The van der Waals surface area contributed by atoms with Crippen LogP contribution in [0.4, 0.5) is 8.78 Å². The van der Waals surface area contributed by atoms with E-state index in [1.54, 1.807) is 6.07 Å². The van der Waals surface area contributed by atoms with Crippen LogP contribution in [0.3, 0.4) is 0 Å². The first-order valence-corrected chi connectivity index (χ1v) is 6.62. The topological polar surface area (TPSA) is 124 Å². The van der Waals surface area contributed by atoms with Crippen molar-refractivity contribution in [2.24, 2.45) is 5.92 Å². The van der Waals surface area contributed by atoms with Gasteiger partial charge in [-0.15, -0.1) is 0 Å². The number of aliphatic carboxylic acids is 1. The van der Waals surface area contributed by atoms with Crippen LogP contribution in [0.2, 0.25) is 0 Å². The number of halogens is 2. The number of benzene rings is 1. The maximum Gasteiger partial charge on any atom is 0.322 e. The van der Waals surface area contributed by atoms with Crippen molar-refractivity contribution in [3.8, 4) is 6.07 Å². The van der Waals surface area contributed by atoms with Crippen LogP contribution in [0.15, 0.2) is 12.1 Å². The second-order valence-electron chi connectivity index (χ2n) is 5.32. The Morgan fingerprint density at radius 1 is 1.33 bits per heavy atom. The highest BCUT2D eigenvalue weighted by Gasteiger charge is 2.52. The van der Waals surface area contributed by atoms with E-state index in [0.717, 1.165) is 6.92 Å². The van der Waals surface area contributed by atoms with Crippen molar-refractivity contribution < 1.29 is 33.1 Å². The molecule has 9 heteroatoms. The van der Waals surface area contributed by atoms with Crippen LogP contribution < -0.4 is 5.32 Å². The van der Waals surface area contributed by atoms with Crippen molar-refractivity contribution in [2.75, 3.05) is 6.54 Å². The van der Waals surface area contributed by atoms with Gasteiger partial charge in [-0.2, -0.15) is 5.26 Å². The zero-order valence-corrected chi connectivity index (χ0v) is 12.2. The fraction of sp³-hybridized carbons (Fsp3) is 0.267. The molecular formula is C15H10F2N2O5. The number of hydrogen-bond acceptors (Lipinski definition) is 5. The van der Waals surface area contributed by atoms with Gasteiger partial charge in [-0.05, 0) is 24.6 Å². The van der Waals surface area contributed by atoms with Crippen LogP contribution in [0, 0.1) is 28.9 Å². The molecule has 2 rings (SSSR count). The third-order valence-electron chi connectivity index (χ3n) is 3.78. The highest BCUT2D eigenvalue weighted by atomic mass is 19.2. The van der Waals surface area contributed by atoms with Crippen LogP contribution in [0.5, 0.6) is 0 Å². The molecule has 1 unspecified atom stereocenters. The molecule has 0 heterocycles. The van der Waals surface area contributed by atoms with Crippen LogP contribution in [0.25, 0.3) is 0 Å². The molecule has 0 fully saturated rings. The van der Waals surface area contributed by atoms with Gasteiger partial charge in [0.05, 0.1) is 6.07 Å². The molecule has 1 aliphatic rings. The fourth-order valence-electron chi connectivity index (χ4n) is 2.48. The Balaban J connectivity index is 2.59. The lowest BCUT2D eigenvalue weighted by atomic mass is 9.66. The maximum absolute atomic E-state index is 13.5. The number of amides is 1. The number of nitrogens with one attached hydrogen (secondary N) is 1. The molecule has 7 nitrogen and oxygen atoms in total. The Morgan fingerprint density at radius 2 is 1.92 bits per heavy atom. The van der Waals surface area contributed by atoms with Gasteiger partial charge in [0, 0.05) is 5.56 Å². The number of carbonyl (C=O) groups is 4. The summed E-state index contributed by atoms with van der Waals surface area (Å²) in [6.07, 6.45) is 0. The van der Waals surface area contributed by atoms with Gasteiger partial charge in [-0.1, -0.05) is 0 Å². The third-order valence-corrected chi connectivity index (χ3v) is 3.78. The predicted molar refractivity (Wildman–Crippen MR) is 72.8 cm³/mol. The minimum absolute atomic E-state index is 0.332. The molecule has 0 saturated carbocycles. The predicted octanol–water partition coefficient (Wildman–Crippen LogP) is 0.328. The average molecular weight is 336 g/mol. The largest absolute Gasteiger partial charge is 0.480 e. The first kappa shape index (κ1) is 17.2. The van der Waals surface area contributed by atoms with Crippen molar-refractivity contribution >= 4 is 23.4 Å². The Morgan fingerprint density at radius 3 is 2.46 bits per heavy atom. The Labute approximate surface area is 133 Å². The molecule has 2 atom stereocenters. The number of rotatable bonds is 3. The van der Waals surface area contributed by atoms with Gasteiger partial charge in [-0.3, -0.25) is 19.2 Å². The molecular weight excluding hydrogens is 326 g/mol. The van der Waals surface area contributed by atoms with E-state index in [1.807, 2.05) is 5.32 Å². The van der Waals surface area contributed by atoms with Crippen molar-refractivity contribution in [1.82, 2.24) is 5.32 Å². The molecule has 1 amide bonds. The van der Waals surface area contributed by atoms with E-state index < -0.39 is 58.5 Å². The molecule has 1 aliphatic carbocycles. The van der Waals surface area contributed by atoms with E-state index in [9.17, 15) is 33.2 Å². The number of nitrogens with zero attached hydrogens (tertiary/aromatic N) is 1. The number of carboxylic acid groups (broad SMARTS) is 1. The minimum Gasteiger partial charge on any atom is -0.480 e. The molecule has 0 spiro atoms. The quantitative estimate of drug-likeness (QED) is 0.767. The second kappa shape index (κ2) is 5.81. The van der Waals surface area contributed by atoms with E-state index in [1.165, 1.54) is 0 Å². The number of hydrogen-bond donors (Lipinski definition) is 2. The van der Waals surface area contributed by atoms with Gasteiger partial charge in [0.1, 0.15) is 12.0 Å². The third kappa shape index (κ3) is 2.52. The molecule has 1 aromatic carbocycles. The molecule has 0 radical (unpaired) electrons. The summed E-state index contributed by atoms with van der Waals surface area (Å²) in [7, 11) is 0. The molecule has 124 valence electrons. The summed E-state index contributed by atoms with van der Waals surface area (Å²) in [5.41, 5.74) is -2.85. The Hall–Kier alpha value is -3.15. The first-order valence-electron chi connectivity index (χ1n) is 6.62. The van der Waals surface area contributed by atoms with Crippen molar-refractivity contribution in [3.63, 3.8) is 0 Å². The summed E-state index contributed by atoms with van der Waals surface area (Å²) < 4.78 is 26.9. The van der Waals surface area contributed by atoms with Crippen LogP contribution in [-0.4, -0.2) is 35.1 Å². The lowest BCUT2D eigenvalue weighted by Gasteiger charge is -2.32. The molecule has 0 aromatic heterocycles. The summed E-state index contributed by atoms with van der Waals surface area (Å²) in [6, 6.07) is 2.71. The first-order chi connectivity index (χ1) is 11.1. The lowest BCUT2D eigenvalue weighted by Crippen LogP contribution is -2.52. The molecule has 24 heavy (non-hydrogen) atoms. The average Bonchev–Trinajstić information content (AvgIpc) is 2.53. The summed E-state index contributed by atoms with van der Waals surface area (Å²) in [5.74, 6) is -9.60. The van der Waals surface area contributed by atoms with Crippen molar-refractivity contribution in [3.05, 3.63) is 34.9 Å². The van der Waals surface area contributed by atoms with Crippen LogP contribution in [0.1, 0.15) is 22.8 Å². The van der Waals surface area contributed by atoms with E-state index in [0.29, 0.717) is 12.1 Å². The van der Waals surface area contributed by atoms with Gasteiger partial charge in [0.25, 0.3) is 0 Å². The maximum atomic E-state index is 13.5. The summed E-state index contributed by atoms with van der Waals surface area (Å²) in [4.78, 5) is 47.3. The molecule has 0 aliphatic heterocycles. The number of nitriles is 1. The zero-order valence-electron chi connectivity index (χ0n) is 12.2. The van der Waals surface area contributed by atoms with Gasteiger partial charge in [0.2, 0.25) is 5.91 Å². The van der Waals surface area contributed by atoms with E-state index in [-0.39, 0.29) is 5.56 Å². The molecule has 0 bridgehead atoms. The SMILES string of the molecule is C[C@@]1(C#N)C(=O)C(C(=O)NCC(=O)O)C(=O)c2cc(F)c(F)cc21. The monoisotopic (exact) mass is 336 g/mol. The van der Waals surface area contributed by atoms with Crippen molar-refractivity contribution in [1.29, 1.82) is 5.26 Å². The molecule has 0 saturated heterocycles. The van der Waals surface area contributed by atoms with Gasteiger partial charge in [0.15, 0.2) is 29.1 Å². The minimum atomic E-state index is -2.05. The van der Waals surface area contributed by atoms with E-state index in [4.69, 9.17) is 5.11 Å². The van der Waals surface area contributed by atoms with Crippen LogP contribution >= 0.6 is 0 Å². The molecule has 2 N–H and O–H groups in total. The zero-order chi connectivity index (χ0) is 18.2. The fourth-order valence-corrected chi connectivity index (χ4v) is 2.48. The van der Waals surface area contributed by atoms with E-state index >= 15 is 0 Å². The Kier molecular flexibility index (Phi) is 4.16. The number of fused-ring (bicyclic) bond motifs is 1. The second-order valence-corrected chi connectivity index (χ2v) is 5.32. The summed E-state index contributed by atoms with van der Waals surface area (Å²) in [5, 5.41) is 19.7. The number of ketones is 2. The highest BCUT2D eigenvalue weighted by molar-refractivity contribution is 6.29. The number of carboxylic acids is 1. The summed E-state index contributed by atoms with van der Waals surface area (Å²) >= 11 is 0.